The average molecular weight is 205 g/mol. The van der Waals surface area contributed by atoms with Gasteiger partial charge in [-0.2, -0.15) is 0 Å². The lowest BCUT2D eigenvalue weighted by Gasteiger charge is -2.00. The molecule has 0 unspecified atom stereocenters. The van der Waals surface area contributed by atoms with E-state index < -0.39 is 0 Å². The number of hydrogen-bond acceptors (Lipinski definition) is 2. The molecule has 0 atom stereocenters. The fourth-order valence-corrected chi connectivity index (χ4v) is 1.36. The van der Waals surface area contributed by atoms with Gasteiger partial charge in [-0.1, -0.05) is 35.4 Å². The predicted molar refractivity (Wildman–Crippen MR) is 57.2 cm³/mol. The van der Waals surface area contributed by atoms with Crippen LogP contribution in [0.1, 0.15) is 5.56 Å². The van der Waals surface area contributed by atoms with Crippen LogP contribution in [0.15, 0.2) is 36.7 Å². The van der Waals surface area contributed by atoms with Crippen molar-refractivity contribution in [3.63, 3.8) is 0 Å². The first-order valence-electron chi connectivity index (χ1n) is 4.30. The maximum Gasteiger partial charge on any atom is 0.147 e. The number of rotatable bonds is 1. The molecule has 0 radical (unpaired) electrons. The summed E-state index contributed by atoms with van der Waals surface area (Å²) in [5.74, 6) is 0. The molecule has 1 aromatic carbocycles. The van der Waals surface area contributed by atoms with Crippen LogP contribution >= 0.6 is 11.6 Å². The van der Waals surface area contributed by atoms with Crippen molar-refractivity contribution in [2.45, 2.75) is 6.92 Å². The molecule has 3 heteroatoms. The Balaban J connectivity index is 2.44. The van der Waals surface area contributed by atoms with Crippen molar-refractivity contribution in [2.75, 3.05) is 0 Å². The van der Waals surface area contributed by atoms with E-state index in [4.69, 9.17) is 11.6 Å². The van der Waals surface area contributed by atoms with Gasteiger partial charge >= 0.3 is 0 Å². The fraction of sp³-hybridized carbons (Fsp3) is 0.0909. The third-order valence-electron chi connectivity index (χ3n) is 1.93. The molecular formula is C11H9ClN2. The molecule has 1 heterocycles. The third-order valence-corrected chi connectivity index (χ3v) is 2.13. The number of nitrogens with zero attached hydrogens (tertiary/aromatic N) is 2. The maximum absolute atomic E-state index is 5.66. The summed E-state index contributed by atoms with van der Waals surface area (Å²) >= 11 is 5.66. The molecule has 2 rings (SSSR count). The van der Waals surface area contributed by atoms with Crippen molar-refractivity contribution >= 4 is 11.6 Å². The van der Waals surface area contributed by atoms with Crippen LogP contribution in [0.2, 0.25) is 5.15 Å². The minimum absolute atomic E-state index is 0.418. The Hall–Kier alpha value is -1.41. The molecule has 2 nitrogen and oxygen atoms in total. The van der Waals surface area contributed by atoms with Gasteiger partial charge in [0.05, 0.1) is 18.1 Å². The van der Waals surface area contributed by atoms with E-state index >= 15 is 0 Å². The molecule has 0 fully saturated rings. The molecule has 0 aliphatic carbocycles. The van der Waals surface area contributed by atoms with Gasteiger partial charge in [0.15, 0.2) is 0 Å². The van der Waals surface area contributed by atoms with Gasteiger partial charge < -0.3 is 0 Å². The minimum atomic E-state index is 0.418. The summed E-state index contributed by atoms with van der Waals surface area (Å²) < 4.78 is 0. The van der Waals surface area contributed by atoms with E-state index in [2.05, 4.69) is 16.0 Å². The number of halogens is 1. The normalized spacial score (nSPS) is 10.1. The van der Waals surface area contributed by atoms with Gasteiger partial charge in [-0.15, -0.1) is 0 Å². The maximum atomic E-state index is 5.66. The van der Waals surface area contributed by atoms with E-state index in [9.17, 15) is 0 Å². The first-order valence-corrected chi connectivity index (χ1v) is 4.68. The molecule has 2 aromatic rings. The van der Waals surface area contributed by atoms with Gasteiger partial charge in [-0.05, 0) is 13.0 Å². The summed E-state index contributed by atoms with van der Waals surface area (Å²) in [5.41, 5.74) is 3.12. The summed E-state index contributed by atoms with van der Waals surface area (Å²) in [6.07, 6.45) is 3.23. The van der Waals surface area contributed by atoms with Crippen molar-refractivity contribution in [3.8, 4) is 11.3 Å². The smallest absolute Gasteiger partial charge is 0.147 e. The highest BCUT2D eigenvalue weighted by Crippen LogP contribution is 2.17. The van der Waals surface area contributed by atoms with E-state index in [0.717, 1.165) is 11.3 Å². The molecule has 0 spiro atoms. The molecule has 0 saturated heterocycles. The van der Waals surface area contributed by atoms with E-state index in [1.54, 1.807) is 12.4 Å². The minimum Gasteiger partial charge on any atom is -0.251 e. The van der Waals surface area contributed by atoms with Gasteiger partial charge in [-0.3, -0.25) is 4.98 Å². The fourth-order valence-electron chi connectivity index (χ4n) is 1.27. The number of aryl methyl sites for hydroxylation is 1. The van der Waals surface area contributed by atoms with Gasteiger partial charge in [-0.25, -0.2) is 4.98 Å². The quantitative estimate of drug-likeness (QED) is 0.714. The van der Waals surface area contributed by atoms with E-state index in [0.29, 0.717) is 5.15 Å². The summed E-state index contributed by atoms with van der Waals surface area (Å²) in [5, 5.41) is 0.418. The van der Waals surface area contributed by atoms with Gasteiger partial charge in [0.2, 0.25) is 0 Å². The second kappa shape index (κ2) is 3.76. The largest absolute Gasteiger partial charge is 0.251 e. The summed E-state index contributed by atoms with van der Waals surface area (Å²) in [6.45, 7) is 2.05. The molecular weight excluding hydrogens is 196 g/mol. The van der Waals surface area contributed by atoms with Gasteiger partial charge in [0.25, 0.3) is 0 Å². The Morgan fingerprint density at radius 1 is 1.14 bits per heavy atom. The van der Waals surface area contributed by atoms with E-state index in [1.165, 1.54) is 5.56 Å². The number of hydrogen-bond donors (Lipinski definition) is 0. The van der Waals surface area contributed by atoms with E-state index in [1.807, 2.05) is 25.1 Å². The number of benzene rings is 1. The Morgan fingerprint density at radius 3 is 2.64 bits per heavy atom. The monoisotopic (exact) mass is 204 g/mol. The second-order valence-corrected chi connectivity index (χ2v) is 3.48. The van der Waals surface area contributed by atoms with Gasteiger partial charge in [0, 0.05) is 5.56 Å². The SMILES string of the molecule is Cc1cccc(-c2cnc(Cl)cn2)c1. The molecule has 0 amide bonds. The van der Waals surface area contributed by atoms with Crippen molar-refractivity contribution in [3.05, 3.63) is 47.4 Å². The van der Waals surface area contributed by atoms with Crippen molar-refractivity contribution in [1.29, 1.82) is 0 Å². The third kappa shape index (κ3) is 1.91. The zero-order valence-electron chi connectivity index (χ0n) is 7.74. The highest BCUT2D eigenvalue weighted by atomic mass is 35.5. The van der Waals surface area contributed by atoms with Gasteiger partial charge in [0.1, 0.15) is 5.15 Å². The van der Waals surface area contributed by atoms with Crippen LogP contribution in [0.4, 0.5) is 0 Å². The Bertz CT molecular complexity index is 437. The highest BCUT2D eigenvalue weighted by molar-refractivity contribution is 6.29. The van der Waals surface area contributed by atoms with Crippen LogP contribution in [0.25, 0.3) is 11.3 Å². The lowest BCUT2D eigenvalue weighted by atomic mass is 10.1. The molecule has 1 aromatic heterocycles. The first-order chi connectivity index (χ1) is 6.75. The van der Waals surface area contributed by atoms with Crippen LogP contribution in [0.3, 0.4) is 0 Å². The van der Waals surface area contributed by atoms with Crippen LogP contribution < -0.4 is 0 Å². The predicted octanol–water partition coefficient (Wildman–Crippen LogP) is 3.11. The number of aromatic nitrogens is 2. The summed E-state index contributed by atoms with van der Waals surface area (Å²) in [4.78, 5) is 8.18. The molecule has 0 bridgehead atoms. The van der Waals surface area contributed by atoms with Crippen LogP contribution in [-0.2, 0) is 0 Å². The lowest BCUT2D eigenvalue weighted by Crippen LogP contribution is -1.85. The van der Waals surface area contributed by atoms with Crippen molar-refractivity contribution < 1.29 is 0 Å². The lowest BCUT2D eigenvalue weighted by molar-refractivity contribution is 1.20. The summed E-state index contributed by atoms with van der Waals surface area (Å²) in [6, 6.07) is 8.12. The van der Waals surface area contributed by atoms with E-state index in [-0.39, 0.29) is 0 Å². The standard InChI is InChI=1S/C11H9ClN2/c1-8-3-2-4-9(5-8)10-6-14-11(12)7-13-10/h2-7H,1H3. The molecule has 0 saturated carbocycles. The molecule has 0 aliphatic heterocycles. The van der Waals surface area contributed by atoms with Crippen LogP contribution in [0, 0.1) is 6.92 Å². The van der Waals surface area contributed by atoms with Crippen LogP contribution in [-0.4, -0.2) is 9.97 Å². The second-order valence-electron chi connectivity index (χ2n) is 3.09. The highest BCUT2D eigenvalue weighted by Gasteiger charge is 1.99. The summed E-state index contributed by atoms with van der Waals surface area (Å²) in [7, 11) is 0. The van der Waals surface area contributed by atoms with Crippen molar-refractivity contribution in [2.24, 2.45) is 0 Å². The molecule has 70 valence electrons. The molecule has 14 heavy (non-hydrogen) atoms. The zero-order valence-corrected chi connectivity index (χ0v) is 8.49. The van der Waals surface area contributed by atoms with Crippen LogP contribution in [0.5, 0.6) is 0 Å². The Labute approximate surface area is 87.6 Å². The zero-order chi connectivity index (χ0) is 9.97. The topological polar surface area (TPSA) is 25.8 Å². The average Bonchev–Trinajstić information content (AvgIpc) is 2.19. The Kier molecular flexibility index (Phi) is 2.46. The molecule has 0 aliphatic rings. The van der Waals surface area contributed by atoms with Crippen molar-refractivity contribution in [1.82, 2.24) is 9.97 Å². The Morgan fingerprint density at radius 2 is 2.00 bits per heavy atom. The first kappa shape index (κ1) is 9.16. The molecule has 0 N–H and O–H groups in total.